The van der Waals surface area contributed by atoms with Crippen LogP contribution in [0.5, 0.6) is 5.75 Å². The van der Waals surface area contributed by atoms with Crippen LogP contribution in [0.3, 0.4) is 0 Å². The highest BCUT2D eigenvalue weighted by molar-refractivity contribution is 5.96. The number of amides is 2. The molecule has 0 aliphatic heterocycles. The standard InChI is InChI=1S/C20H24N2O3/c1-14(23)22-17-7-5-6-16(12-17)19(24)21-13-15-8-10-18(11-9-15)25-20(2,3)4/h5-12H,13H2,1-4H3,(H,21,24)(H,22,23). The minimum absolute atomic E-state index is 0.171. The van der Waals surface area contributed by atoms with E-state index in [1.807, 2.05) is 45.0 Å². The fourth-order valence-electron chi connectivity index (χ4n) is 2.25. The number of benzene rings is 2. The van der Waals surface area contributed by atoms with Crippen LogP contribution >= 0.6 is 0 Å². The van der Waals surface area contributed by atoms with Crippen molar-refractivity contribution in [3.8, 4) is 5.75 Å². The molecule has 0 saturated carbocycles. The molecule has 0 aliphatic rings. The van der Waals surface area contributed by atoms with E-state index in [2.05, 4.69) is 10.6 Å². The van der Waals surface area contributed by atoms with E-state index in [1.54, 1.807) is 24.3 Å². The van der Waals surface area contributed by atoms with Gasteiger partial charge in [-0.25, -0.2) is 0 Å². The highest BCUT2D eigenvalue weighted by Crippen LogP contribution is 2.18. The summed E-state index contributed by atoms with van der Waals surface area (Å²) in [5.41, 5.74) is 1.84. The molecule has 2 aromatic rings. The summed E-state index contributed by atoms with van der Waals surface area (Å²) in [5, 5.41) is 5.54. The van der Waals surface area contributed by atoms with Crippen LogP contribution in [0, 0.1) is 0 Å². The van der Waals surface area contributed by atoms with Gasteiger partial charge in [-0.05, 0) is 56.7 Å². The number of carbonyl (C=O) groups excluding carboxylic acids is 2. The molecule has 132 valence electrons. The average Bonchev–Trinajstić information content (AvgIpc) is 2.52. The van der Waals surface area contributed by atoms with Crippen LogP contribution in [0.4, 0.5) is 5.69 Å². The van der Waals surface area contributed by atoms with Gasteiger partial charge < -0.3 is 15.4 Å². The minimum atomic E-state index is -0.241. The number of nitrogens with one attached hydrogen (secondary N) is 2. The molecular weight excluding hydrogens is 316 g/mol. The molecule has 0 spiro atoms. The van der Waals surface area contributed by atoms with Gasteiger partial charge in [-0.1, -0.05) is 18.2 Å². The third-order valence-electron chi connectivity index (χ3n) is 3.25. The summed E-state index contributed by atoms with van der Waals surface area (Å²) in [6.07, 6.45) is 0. The van der Waals surface area contributed by atoms with E-state index in [0.29, 0.717) is 17.8 Å². The molecule has 5 heteroatoms. The van der Waals surface area contributed by atoms with Crippen LogP contribution in [0.15, 0.2) is 48.5 Å². The summed E-state index contributed by atoms with van der Waals surface area (Å²) in [7, 11) is 0. The molecule has 0 unspecified atom stereocenters. The number of ether oxygens (including phenoxy) is 1. The Morgan fingerprint density at radius 3 is 2.32 bits per heavy atom. The molecule has 5 nitrogen and oxygen atoms in total. The van der Waals surface area contributed by atoms with E-state index in [0.717, 1.165) is 11.3 Å². The van der Waals surface area contributed by atoms with Gasteiger partial charge in [-0.2, -0.15) is 0 Å². The fraction of sp³-hybridized carbons (Fsp3) is 0.300. The van der Waals surface area contributed by atoms with Gasteiger partial charge in [0.25, 0.3) is 5.91 Å². The Morgan fingerprint density at radius 2 is 1.72 bits per heavy atom. The molecule has 0 fully saturated rings. The average molecular weight is 340 g/mol. The first-order chi connectivity index (χ1) is 11.7. The van der Waals surface area contributed by atoms with Crippen LogP contribution in [0.1, 0.15) is 43.6 Å². The first-order valence-electron chi connectivity index (χ1n) is 8.17. The molecule has 0 heterocycles. The summed E-state index contributed by atoms with van der Waals surface area (Å²) in [4.78, 5) is 23.4. The molecule has 2 aromatic carbocycles. The maximum absolute atomic E-state index is 12.3. The van der Waals surface area contributed by atoms with Crippen molar-refractivity contribution in [2.75, 3.05) is 5.32 Å². The fourth-order valence-corrected chi connectivity index (χ4v) is 2.25. The molecule has 25 heavy (non-hydrogen) atoms. The molecule has 2 rings (SSSR count). The van der Waals surface area contributed by atoms with E-state index in [9.17, 15) is 9.59 Å². The summed E-state index contributed by atoms with van der Waals surface area (Å²) >= 11 is 0. The maximum atomic E-state index is 12.3. The highest BCUT2D eigenvalue weighted by atomic mass is 16.5. The first kappa shape index (κ1) is 18.5. The lowest BCUT2D eigenvalue weighted by atomic mass is 10.1. The molecular formula is C20H24N2O3. The van der Waals surface area contributed by atoms with Gasteiger partial charge in [0.2, 0.25) is 5.91 Å². The number of anilines is 1. The van der Waals surface area contributed by atoms with Gasteiger partial charge in [-0.15, -0.1) is 0 Å². The van der Waals surface area contributed by atoms with E-state index >= 15 is 0 Å². The predicted octanol–water partition coefficient (Wildman–Crippen LogP) is 3.75. The lowest BCUT2D eigenvalue weighted by molar-refractivity contribution is -0.114. The van der Waals surface area contributed by atoms with E-state index in [4.69, 9.17) is 4.74 Å². The second-order valence-corrected chi connectivity index (χ2v) is 6.80. The SMILES string of the molecule is CC(=O)Nc1cccc(C(=O)NCc2ccc(OC(C)(C)C)cc2)c1. The second kappa shape index (κ2) is 7.83. The number of carbonyl (C=O) groups is 2. The lowest BCUT2D eigenvalue weighted by Crippen LogP contribution is -2.23. The van der Waals surface area contributed by atoms with Crippen molar-refractivity contribution in [1.82, 2.24) is 5.32 Å². The third-order valence-corrected chi connectivity index (χ3v) is 3.25. The molecule has 0 atom stereocenters. The van der Waals surface area contributed by atoms with E-state index < -0.39 is 0 Å². The van der Waals surface area contributed by atoms with Gasteiger partial charge in [0.05, 0.1) is 0 Å². The zero-order chi connectivity index (χ0) is 18.4. The van der Waals surface area contributed by atoms with Crippen molar-refractivity contribution >= 4 is 17.5 Å². The third kappa shape index (κ3) is 6.30. The van der Waals surface area contributed by atoms with E-state index in [-0.39, 0.29) is 17.4 Å². The van der Waals surface area contributed by atoms with Gasteiger partial charge in [0.1, 0.15) is 11.4 Å². The number of rotatable bonds is 5. The van der Waals surface area contributed by atoms with Gasteiger partial charge in [-0.3, -0.25) is 9.59 Å². The number of hydrogen-bond acceptors (Lipinski definition) is 3. The van der Waals surface area contributed by atoms with Crippen LogP contribution in [0.2, 0.25) is 0 Å². The topological polar surface area (TPSA) is 67.4 Å². The summed E-state index contributed by atoms with van der Waals surface area (Å²) in [6, 6.07) is 14.5. The summed E-state index contributed by atoms with van der Waals surface area (Å²) in [5.74, 6) is 0.433. The smallest absolute Gasteiger partial charge is 0.251 e. The minimum Gasteiger partial charge on any atom is -0.488 e. The number of hydrogen-bond donors (Lipinski definition) is 2. The summed E-state index contributed by atoms with van der Waals surface area (Å²) in [6.45, 7) is 7.83. The monoisotopic (exact) mass is 340 g/mol. The Kier molecular flexibility index (Phi) is 5.80. The molecule has 2 N–H and O–H groups in total. The lowest BCUT2D eigenvalue weighted by Gasteiger charge is -2.21. The van der Waals surface area contributed by atoms with Crippen molar-refractivity contribution in [2.45, 2.75) is 39.8 Å². The van der Waals surface area contributed by atoms with E-state index in [1.165, 1.54) is 6.92 Å². The first-order valence-corrected chi connectivity index (χ1v) is 8.17. The molecule has 0 bridgehead atoms. The Hall–Kier alpha value is -2.82. The maximum Gasteiger partial charge on any atom is 0.251 e. The van der Waals surface area contributed by atoms with Crippen molar-refractivity contribution in [1.29, 1.82) is 0 Å². The zero-order valence-corrected chi connectivity index (χ0v) is 15.1. The van der Waals surface area contributed by atoms with Crippen molar-refractivity contribution in [3.05, 3.63) is 59.7 Å². The van der Waals surface area contributed by atoms with Crippen molar-refractivity contribution in [3.63, 3.8) is 0 Å². The Bertz CT molecular complexity index is 746. The quantitative estimate of drug-likeness (QED) is 0.871. The van der Waals surface area contributed by atoms with Crippen LogP contribution < -0.4 is 15.4 Å². The van der Waals surface area contributed by atoms with Gasteiger partial charge in [0.15, 0.2) is 0 Å². The second-order valence-electron chi connectivity index (χ2n) is 6.80. The zero-order valence-electron chi connectivity index (χ0n) is 15.1. The van der Waals surface area contributed by atoms with Crippen LogP contribution in [0.25, 0.3) is 0 Å². The Morgan fingerprint density at radius 1 is 1.04 bits per heavy atom. The van der Waals surface area contributed by atoms with Crippen LogP contribution in [-0.2, 0) is 11.3 Å². The molecule has 0 aromatic heterocycles. The van der Waals surface area contributed by atoms with Crippen molar-refractivity contribution in [2.24, 2.45) is 0 Å². The van der Waals surface area contributed by atoms with Gasteiger partial charge >= 0.3 is 0 Å². The normalized spacial score (nSPS) is 10.9. The molecule has 0 radical (unpaired) electrons. The van der Waals surface area contributed by atoms with Crippen LogP contribution in [-0.4, -0.2) is 17.4 Å². The largest absolute Gasteiger partial charge is 0.488 e. The van der Waals surface area contributed by atoms with Gasteiger partial charge in [0, 0.05) is 24.7 Å². The molecule has 0 aliphatic carbocycles. The summed E-state index contributed by atoms with van der Waals surface area (Å²) < 4.78 is 5.77. The Balaban J connectivity index is 1.94. The molecule has 0 saturated heterocycles. The van der Waals surface area contributed by atoms with Crippen molar-refractivity contribution < 1.29 is 14.3 Å². The predicted molar refractivity (Wildman–Crippen MR) is 98.7 cm³/mol. The Labute approximate surface area is 148 Å². The molecule has 2 amide bonds. The highest BCUT2D eigenvalue weighted by Gasteiger charge is 2.11.